The van der Waals surface area contributed by atoms with Crippen molar-refractivity contribution in [2.24, 2.45) is 0 Å². The third-order valence-electron chi connectivity index (χ3n) is 5.18. The lowest BCUT2D eigenvalue weighted by atomic mass is 10.1. The third kappa shape index (κ3) is 5.12. The van der Waals surface area contributed by atoms with Gasteiger partial charge in [0, 0.05) is 55.9 Å². The van der Waals surface area contributed by atoms with Crippen LogP contribution in [0.15, 0.2) is 60.8 Å². The minimum Gasteiger partial charge on any atom is -0.369 e. The van der Waals surface area contributed by atoms with Crippen LogP contribution in [0.2, 0.25) is 0 Å². The van der Waals surface area contributed by atoms with Crippen molar-refractivity contribution < 1.29 is 0 Å². The summed E-state index contributed by atoms with van der Waals surface area (Å²) < 4.78 is 0. The van der Waals surface area contributed by atoms with Gasteiger partial charge in [0.25, 0.3) is 0 Å². The first-order valence-corrected chi connectivity index (χ1v) is 10.2. The summed E-state index contributed by atoms with van der Waals surface area (Å²) in [5.41, 5.74) is 4.23. The van der Waals surface area contributed by atoms with Crippen molar-refractivity contribution in [1.82, 2.24) is 14.9 Å². The fourth-order valence-electron chi connectivity index (χ4n) is 3.48. The number of piperazine rings is 1. The molecule has 7 nitrogen and oxygen atoms in total. The Balaban J connectivity index is 1.40. The van der Waals surface area contributed by atoms with Gasteiger partial charge in [-0.05, 0) is 61.3 Å². The van der Waals surface area contributed by atoms with Gasteiger partial charge >= 0.3 is 0 Å². The first kappa shape index (κ1) is 19.8. The lowest BCUT2D eigenvalue weighted by molar-refractivity contribution is 0.313. The zero-order valence-electron chi connectivity index (χ0n) is 17.2. The molecule has 7 heteroatoms. The van der Waals surface area contributed by atoms with Crippen LogP contribution in [0.4, 0.5) is 28.8 Å². The van der Waals surface area contributed by atoms with Crippen LogP contribution in [-0.4, -0.2) is 54.3 Å². The number of aromatic nitrogens is 2. The molecule has 0 bridgehead atoms. The van der Waals surface area contributed by atoms with E-state index in [-0.39, 0.29) is 0 Å². The van der Waals surface area contributed by atoms with E-state index in [1.165, 1.54) is 11.9 Å². The molecule has 0 spiro atoms. The molecule has 1 aliphatic rings. The maximum Gasteiger partial charge on any atom is 0.229 e. The summed E-state index contributed by atoms with van der Waals surface area (Å²) in [6.07, 6.45) is 3.76. The van der Waals surface area contributed by atoms with Crippen LogP contribution >= 0.6 is 0 Å². The van der Waals surface area contributed by atoms with Gasteiger partial charge in [-0.2, -0.15) is 4.98 Å². The number of anilines is 5. The molecule has 0 unspecified atom stereocenters. The standard InChI is InChI=1S/C23H27N7/c1-29-13-15-30(16-14-29)21-7-5-19(6-8-21)27-23-25-12-10-22(28-23)26-20-4-2-3-18(17-20)9-11-24/h2-8,10-12,17,24H,9,13-16H2,1H3,(H2,25,26,27,28). The van der Waals surface area contributed by atoms with E-state index in [0.29, 0.717) is 18.2 Å². The second kappa shape index (κ2) is 9.37. The Bertz CT molecular complexity index is 979. The Morgan fingerprint density at radius 3 is 2.53 bits per heavy atom. The van der Waals surface area contributed by atoms with E-state index in [4.69, 9.17) is 5.41 Å². The molecule has 30 heavy (non-hydrogen) atoms. The van der Waals surface area contributed by atoms with Crippen LogP contribution in [-0.2, 0) is 6.42 Å². The molecule has 1 aromatic heterocycles. The summed E-state index contributed by atoms with van der Waals surface area (Å²) in [4.78, 5) is 13.7. The molecule has 3 N–H and O–H groups in total. The number of nitrogens with one attached hydrogen (secondary N) is 3. The van der Waals surface area contributed by atoms with Crippen LogP contribution in [0, 0.1) is 5.41 Å². The van der Waals surface area contributed by atoms with Gasteiger partial charge in [-0.1, -0.05) is 12.1 Å². The van der Waals surface area contributed by atoms with Gasteiger partial charge < -0.3 is 25.8 Å². The maximum absolute atomic E-state index is 7.27. The summed E-state index contributed by atoms with van der Waals surface area (Å²) in [6.45, 7) is 4.30. The lowest BCUT2D eigenvalue weighted by Gasteiger charge is -2.34. The summed E-state index contributed by atoms with van der Waals surface area (Å²) >= 11 is 0. The number of likely N-dealkylation sites (N-methyl/N-ethyl adjacent to an activating group) is 1. The second-order valence-corrected chi connectivity index (χ2v) is 7.46. The SMILES string of the molecule is CN1CCN(c2ccc(Nc3nccc(Nc4cccc(CC=N)c4)n3)cc2)CC1. The first-order chi connectivity index (χ1) is 14.7. The van der Waals surface area contributed by atoms with E-state index in [1.807, 2.05) is 30.3 Å². The van der Waals surface area contributed by atoms with Crippen LogP contribution in [0.1, 0.15) is 5.56 Å². The molecule has 2 heterocycles. The molecular weight excluding hydrogens is 374 g/mol. The highest BCUT2D eigenvalue weighted by molar-refractivity contribution is 5.64. The van der Waals surface area contributed by atoms with Gasteiger partial charge in [-0.3, -0.25) is 0 Å². The Kier molecular flexibility index (Phi) is 6.20. The number of rotatable bonds is 7. The number of nitrogens with zero attached hydrogens (tertiary/aromatic N) is 4. The Morgan fingerprint density at radius 2 is 1.77 bits per heavy atom. The van der Waals surface area contributed by atoms with E-state index >= 15 is 0 Å². The fourth-order valence-corrected chi connectivity index (χ4v) is 3.48. The van der Waals surface area contributed by atoms with Crippen molar-refractivity contribution >= 4 is 35.0 Å². The lowest BCUT2D eigenvalue weighted by Crippen LogP contribution is -2.44. The zero-order chi connectivity index (χ0) is 20.8. The Morgan fingerprint density at radius 1 is 0.967 bits per heavy atom. The largest absolute Gasteiger partial charge is 0.369 e. The van der Waals surface area contributed by atoms with Crippen molar-refractivity contribution in [2.75, 3.05) is 48.8 Å². The molecule has 1 saturated heterocycles. The molecule has 0 atom stereocenters. The minimum absolute atomic E-state index is 0.544. The van der Waals surface area contributed by atoms with Gasteiger partial charge in [0.15, 0.2) is 0 Å². The second-order valence-electron chi connectivity index (χ2n) is 7.46. The molecular formula is C23H27N7. The normalized spacial score (nSPS) is 14.4. The predicted octanol–water partition coefficient (Wildman–Crippen LogP) is 3.91. The molecule has 0 saturated carbocycles. The van der Waals surface area contributed by atoms with Gasteiger partial charge in [0.2, 0.25) is 5.95 Å². The molecule has 4 rings (SSSR count). The highest BCUT2D eigenvalue weighted by Gasteiger charge is 2.14. The van der Waals surface area contributed by atoms with E-state index in [1.54, 1.807) is 6.20 Å². The summed E-state index contributed by atoms with van der Waals surface area (Å²) in [7, 11) is 2.17. The van der Waals surface area contributed by atoms with Crippen LogP contribution < -0.4 is 15.5 Å². The Hall–Kier alpha value is -3.45. The van der Waals surface area contributed by atoms with Crippen molar-refractivity contribution in [3.8, 4) is 0 Å². The van der Waals surface area contributed by atoms with Crippen LogP contribution in [0.25, 0.3) is 0 Å². The van der Waals surface area contributed by atoms with Gasteiger partial charge in [0.1, 0.15) is 5.82 Å². The molecule has 0 radical (unpaired) electrons. The average molecular weight is 402 g/mol. The smallest absolute Gasteiger partial charge is 0.229 e. The predicted molar refractivity (Wildman–Crippen MR) is 124 cm³/mol. The van der Waals surface area contributed by atoms with Crippen LogP contribution in [0.3, 0.4) is 0 Å². The maximum atomic E-state index is 7.27. The monoisotopic (exact) mass is 401 g/mol. The van der Waals surface area contributed by atoms with Crippen molar-refractivity contribution in [3.63, 3.8) is 0 Å². The van der Waals surface area contributed by atoms with Crippen molar-refractivity contribution in [3.05, 3.63) is 66.4 Å². The van der Waals surface area contributed by atoms with Crippen molar-refractivity contribution in [1.29, 1.82) is 5.41 Å². The van der Waals surface area contributed by atoms with Gasteiger partial charge in [0.05, 0.1) is 0 Å². The fraction of sp³-hybridized carbons (Fsp3) is 0.261. The zero-order valence-corrected chi connectivity index (χ0v) is 17.2. The number of hydrogen-bond acceptors (Lipinski definition) is 7. The van der Waals surface area contributed by atoms with E-state index in [2.05, 4.69) is 61.7 Å². The summed E-state index contributed by atoms with van der Waals surface area (Å²) in [5.74, 6) is 1.26. The third-order valence-corrected chi connectivity index (χ3v) is 5.18. The molecule has 0 aliphatic carbocycles. The van der Waals surface area contributed by atoms with Gasteiger partial charge in [-0.15, -0.1) is 0 Å². The highest BCUT2D eigenvalue weighted by atomic mass is 15.2. The average Bonchev–Trinajstić information content (AvgIpc) is 2.76. The Labute approximate surface area is 177 Å². The summed E-state index contributed by atoms with van der Waals surface area (Å²) in [5, 5.41) is 13.9. The van der Waals surface area contributed by atoms with E-state index in [0.717, 1.165) is 43.1 Å². The quantitative estimate of drug-likeness (QED) is 0.521. The molecule has 3 aromatic rings. The highest BCUT2D eigenvalue weighted by Crippen LogP contribution is 2.22. The molecule has 1 fully saturated rings. The van der Waals surface area contributed by atoms with E-state index in [9.17, 15) is 0 Å². The molecule has 154 valence electrons. The molecule has 1 aliphatic heterocycles. The number of hydrogen-bond donors (Lipinski definition) is 3. The number of benzene rings is 2. The topological polar surface area (TPSA) is 80.2 Å². The minimum atomic E-state index is 0.544. The summed E-state index contributed by atoms with van der Waals surface area (Å²) in [6, 6.07) is 18.3. The first-order valence-electron chi connectivity index (χ1n) is 10.2. The van der Waals surface area contributed by atoms with Crippen molar-refractivity contribution in [2.45, 2.75) is 6.42 Å². The molecule has 2 aromatic carbocycles. The van der Waals surface area contributed by atoms with Gasteiger partial charge in [-0.25, -0.2) is 4.98 Å². The molecule has 0 amide bonds. The van der Waals surface area contributed by atoms with Crippen LogP contribution in [0.5, 0.6) is 0 Å². The van der Waals surface area contributed by atoms with E-state index < -0.39 is 0 Å².